The van der Waals surface area contributed by atoms with E-state index in [1.807, 2.05) is 11.8 Å². The molecule has 0 spiro atoms. The van der Waals surface area contributed by atoms with E-state index in [0.29, 0.717) is 11.7 Å². The summed E-state index contributed by atoms with van der Waals surface area (Å²) in [5.74, 6) is 0.246. The number of amides is 1. The van der Waals surface area contributed by atoms with Crippen LogP contribution in [0.3, 0.4) is 0 Å². The van der Waals surface area contributed by atoms with Gasteiger partial charge in [0.2, 0.25) is 5.91 Å². The van der Waals surface area contributed by atoms with Crippen LogP contribution in [0.2, 0.25) is 0 Å². The summed E-state index contributed by atoms with van der Waals surface area (Å²) in [7, 11) is 0. The third-order valence-electron chi connectivity index (χ3n) is 2.58. The second kappa shape index (κ2) is 6.78. The summed E-state index contributed by atoms with van der Waals surface area (Å²) in [6.45, 7) is 1.72. The van der Waals surface area contributed by atoms with Crippen molar-refractivity contribution in [2.24, 2.45) is 0 Å². The van der Waals surface area contributed by atoms with E-state index in [-0.39, 0.29) is 18.4 Å². The van der Waals surface area contributed by atoms with Crippen LogP contribution in [0.15, 0.2) is 0 Å². The minimum absolute atomic E-state index is 0.0104. The van der Waals surface area contributed by atoms with Gasteiger partial charge in [-0.2, -0.15) is 11.8 Å². The third kappa shape index (κ3) is 5.39. The Morgan fingerprint density at radius 2 is 2.25 bits per heavy atom. The van der Waals surface area contributed by atoms with Crippen LogP contribution in [0.4, 0.5) is 0 Å². The quantitative estimate of drug-likeness (QED) is 0.772. The predicted molar refractivity (Wildman–Crippen MR) is 64.6 cm³/mol. The number of rotatable bonds is 5. The zero-order valence-electron chi connectivity index (χ0n) is 9.57. The number of hydrogen-bond donors (Lipinski definition) is 2. The number of nitrogens with one attached hydrogen (secondary N) is 1. The summed E-state index contributed by atoms with van der Waals surface area (Å²) < 4.78 is 0. The van der Waals surface area contributed by atoms with Gasteiger partial charge in [-0.25, -0.2) is 0 Å². The average Bonchev–Trinajstić information content (AvgIpc) is 2.17. The van der Waals surface area contributed by atoms with E-state index < -0.39 is 5.97 Å². The summed E-state index contributed by atoms with van der Waals surface area (Å²) in [6, 6.07) is -0.279. The van der Waals surface area contributed by atoms with Gasteiger partial charge in [0.1, 0.15) is 0 Å². The number of thioether (sulfide) groups is 1. The van der Waals surface area contributed by atoms with E-state index in [0.717, 1.165) is 12.2 Å². The average molecular weight is 245 g/mol. The Bertz CT molecular complexity index is 252. The van der Waals surface area contributed by atoms with Gasteiger partial charge < -0.3 is 10.4 Å². The van der Waals surface area contributed by atoms with Crippen molar-refractivity contribution in [3.05, 3.63) is 0 Å². The molecule has 2 N–H and O–H groups in total. The van der Waals surface area contributed by atoms with Gasteiger partial charge >= 0.3 is 5.97 Å². The minimum atomic E-state index is -0.875. The molecule has 16 heavy (non-hydrogen) atoms. The largest absolute Gasteiger partial charge is 0.481 e. The molecule has 0 aliphatic carbocycles. The molecule has 1 heterocycles. The van der Waals surface area contributed by atoms with Crippen LogP contribution in [0.5, 0.6) is 0 Å². The van der Waals surface area contributed by atoms with E-state index >= 15 is 0 Å². The Kier molecular flexibility index (Phi) is 5.66. The van der Waals surface area contributed by atoms with Crippen LogP contribution in [0, 0.1) is 0 Å². The first-order valence-corrected chi connectivity index (χ1v) is 6.75. The summed E-state index contributed by atoms with van der Waals surface area (Å²) in [5, 5.41) is 11.7. The van der Waals surface area contributed by atoms with Crippen molar-refractivity contribution >= 4 is 23.6 Å². The Labute approximate surface area is 100 Å². The fourth-order valence-corrected chi connectivity index (χ4v) is 3.13. The molecule has 1 saturated heterocycles. The second-order valence-electron chi connectivity index (χ2n) is 4.26. The lowest BCUT2D eigenvalue weighted by atomic mass is 10.1. The zero-order chi connectivity index (χ0) is 12.0. The Balaban J connectivity index is 2.21. The fourth-order valence-electron chi connectivity index (χ4n) is 1.82. The first-order valence-electron chi connectivity index (χ1n) is 5.70. The highest BCUT2D eigenvalue weighted by Gasteiger charge is 2.19. The Hall–Kier alpha value is -0.710. The van der Waals surface area contributed by atoms with Gasteiger partial charge in [0, 0.05) is 17.7 Å². The zero-order valence-corrected chi connectivity index (χ0v) is 10.4. The molecule has 0 radical (unpaired) electrons. The molecule has 0 aromatic heterocycles. The summed E-state index contributed by atoms with van der Waals surface area (Å²) in [4.78, 5) is 22.0. The van der Waals surface area contributed by atoms with E-state index in [9.17, 15) is 9.59 Å². The van der Waals surface area contributed by atoms with Gasteiger partial charge in [-0.3, -0.25) is 9.59 Å². The van der Waals surface area contributed by atoms with Gasteiger partial charge in [0.15, 0.2) is 0 Å². The van der Waals surface area contributed by atoms with Crippen LogP contribution in [-0.4, -0.2) is 34.0 Å². The fraction of sp³-hybridized carbons (Fsp3) is 0.818. The molecule has 5 heteroatoms. The molecule has 1 fully saturated rings. The Morgan fingerprint density at radius 3 is 2.81 bits per heavy atom. The summed E-state index contributed by atoms with van der Waals surface area (Å²) in [5.41, 5.74) is 0. The van der Waals surface area contributed by atoms with Crippen molar-refractivity contribution in [3.8, 4) is 0 Å². The van der Waals surface area contributed by atoms with Crippen molar-refractivity contribution in [3.63, 3.8) is 0 Å². The van der Waals surface area contributed by atoms with E-state index in [4.69, 9.17) is 5.11 Å². The maximum Gasteiger partial charge on any atom is 0.305 e. The highest BCUT2D eigenvalue weighted by molar-refractivity contribution is 7.99. The number of carboxylic acids is 1. The highest BCUT2D eigenvalue weighted by atomic mass is 32.2. The maximum absolute atomic E-state index is 11.6. The number of hydrogen-bond acceptors (Lipinski definition) is 3. The van der Waals surface area contributed by atoms with Gasteiger partial charge in [0.25, 0.3) is 0 Å². The lowest BCUT2D eigenvalue weighted by Gasteiger charge is -2.21. The normalized spacial score (nSPS) is 22.4. The molecule has 1 aliphatic rings. The third-order valence-corrected chi connectivity index (χ3v) is 3.97. The van der Waals surface area contributed by atoms with Crippen molar-refractivity contribution in [1.82, 2.24) is 5.32 Å². The first kappa shape index (κ1) is 13.4. The first-order chi connectivity index (χ1) is 7.58. The topological polar surface area (TPSA) is 66.4 Å². The number of carbonyl (C=O) groups is 2. The van der Waals surface area contributed by atoms with Gasteiger partial charge in [0.05, 0.1) is 6.42 Å². The van der Waals surface area contributed by atoms with E-state index in [2.05, 4.69) is 5.32 Å². The van der Waals surface area contributed by atoms with Crippen molar-refractivity contribution < 1.29 is 14.7 Å². The smallest absolute Gasteiger partial charge is 0.305 e. The minimum Gasteiger partial charge on any atom is -0.481 e. The molecule has 0 bridgehead atoms. The molecule has 1 amide bonds. The molecule has 2 atom stereocenters. The van der Waals surface area contributed by atoms with Gasteiger partial charge in [-0.05, 0) is 25.5 Å². The van der Waals surface area contributed by atoms with Crippen molar-refractivity contribution in [2.45, 2.75) is 50.3 Å². The van der Waals surface area contributed by atoms with Gasteiger partial charge in [-0.15, -0.1) is 0 Å². The molecule has 2 unspecified atom stereocenters. The van der Waals surface area contributed by atoms with Crippen molar-refractivity contribution in [2.75, 3.05) is 5.75 Å². The number of carboxylic acid groups (broad SMARTS) is 1. The monoisotopic (exact) mass is 245 g/mol. The van der Waals surface area contributed by atoms with Crippen LogP contribution < -0.4 is 5.32 Å². The number of aliphatic carboxylic acids is 1. The SMILES string of the molecule is CC(CC(=O)O)NC(=O)CC1CCCCS1. The lowest BCUT2D eigenvalue weighted by Crippen LogP contribution is -2.35. The lowest BCUT2D eigenvalue weighted by molar-refractivity contribution is -0.137. The maximum atomic E-state index is 11.6. The van der Waals surface area contributed by atoms with Gasteiger partial charge in [-0.1, -0.05) is 6.42 Å². The molecule has 0 aromatic carbocycles. The summed E-state index contributed by atoms with van der Waals surface area (Å²) >= 11 is 1.86. The molecule has 1 aliphatic heterocycles. The van der Waals surface area contributed by atoms with Crippen molar-refractivity contribution in [1.29, 1.82) is 0 Å². The van der Waals surface area contributed by atoms with Crippen LogP contribution in [0.25, 0.3) is 0 Å². The molecule has 92 valence electrons. The van der Waals surface area contributed by atoms with Crippen LogP contribution in [0.1, 0.15) is 39.0 Å². The Morgan fingerprint density at radius 1 is 1.50 bits per heavy atom. The molecular formula is C11H19NO3S. The summed E-state index contributed by atoms with van der Waals surface area (Å²) in [6.07, 6.45) is 4.07. The molecule has 0 aromatic rings. The molecular weight excluding hydrogens is 226 g/mol. The number of carbonyl (C=O) groups excluding carboxylic acids is 1. The van der Waals surface area contributed by atoms with Crippen LogP contribution in [-0.2, 0) is 9.59 Å². The van der Waals surface area contributed by atoms with E-state index in [1.54, 1.807) is 6.92 Å². The molecule has 1 rings (SSSR count). The molecule has 0 saturated carbocycles. The standard InChI is InChI=1S/C11H19NO3S/c1-8(6-11(14)15)12-10(13)7-9-4-2-3-5-16-9/h8-9H,2-7H2,1H3,(H,12,13)(H,14,15). The second-order valence-corrected chi connectivity index (χ2v) is 5.67. The predicted octanol–water partition coefficient (Wildman–Crippen LogP) is 1.64. The van der Waals surface area contributed by atoms with E-state index in [1.165, 1.54) is 12.8 Å². The highest BCUT2D eigenvalue weighted by Crippen LogP contribution is 2.27. The van der Waals surface area contributed by atoms with Crippen LogP contribution >= 0.6 is 11.8 Å². The molecule has 4 nitrogen and oxygen atoms in total.